The lowest BCUT2D eigenvalue weighted by atomic mass is 9.95. The summed E-state index contributed by atoms with van der Waals surface area (Å²) < 4.78 is 18.2. The van der Waals surface area contributed by atoms with E-state index in [9.17, 15) is 9.18 Å². The van der Waals surface area contributed by atoms with Crippen molar-refractivity contribution in [2.45, 2.75) is 12.8 Å². The third-order valence-electron chi connectivity index (χ3n) is 5.79. The maximum absolute atomic E-state index is 13.1. The van der Waals surface area contributed by atoms with Gasteiger partial charge in [0.15, 0.2) is 5.82 Å². The van der Waals surface area contributed by atoms with E-state index in [1.165, 1.54) is 12.1 Å². The molecule has 7 nitrogen and oxygen atoms in total. The minimum absolute atomic E-state index is 0.0647. The summed E-state index contributed by atoms with van der Waals surface area (Å²) >= 11 is 0. The average molecular weight is 399 g/mol. The third kappa shape index (κ3) is 4.41. The number of hydrogen-bond donors (Lipinski definition) is 0. The van der Waals surface area contributed by atoms with E-state index in [0.29, 0.717) is 19.0 Å². The van der Waals surface area contributed by atoms with Gasteiger partial charge in [-0.15, -0.1) is 10.2 Å². The maximum Gasteiger partial charge on any atom is 0.233 e. The van der Waals surface area contributed by atoms with Crippen molar-refractivity contribution in [3.63, 3.8) is 0 Å². The molecule has 0 unspecified atom stereocenters. The van der Waals surface area contributed by atoms with Crippen LogP contribution in [0.1, 0.15) is 12.8 Å². The second kappa shape index (κ2) is 8.63. The molecule has 1 aromatic heterocycles. The van der Waals surface area contributed by atoms with Crippen molar-refractivity contribution in [2.75, 3.05) is 56.2 Å². The van der Waals surface area contributed by atoms with E-state index in [1.54, 1.807) is 25.3 Å². The Morgan fingerprint density at radius 2 is 1.62 bits per heavy atom. The molecule has 0 bridgehead atoms. The van der Waals surface area contributed by atoms with Gasteiger partial charge in [0.25, 0.3) is 0 Å². The van der Waals surface area contributed by atoms with Crippen LogP contribution in [0, 0.1) is 11.7 Å². The van der Waals surface area contributed by atoms with Gasteiger partial charge in [-0.1, -0.05) is 0 Å². The molecule has 154 valence electrons. The first-order valence-corrected chi connectivity index (χ1v) is 10.1. The molecular weight excluding hydrogens is 373 g/mol. The molecule has 0 spiro atoms. The maximum atomic E-state index is 13.1. The van der Waals surface area contributed by atoms with E-state index >= 15 is 0 Å². The molecule has 0 atom stereocenters. The molecule has 0 aliphatic carbocycles. The highest BCUT2D eigenvalue weighted by Crippen LogP contribution is 2.25. The summed E-state index contributed by atoms with van der Waals surface area (Å²) in [5.74, 6) is 1.41. The molecule has 2 aliphatic rings. The van der Waals surface area contributed by atoms with Gasteiger partial charge in [0.05, 0.1) is 7.11 Å². The fourth-order valence-corrected chi connectivity index (χ4v) is 4.04. The zero-order valence-electron chi connectivity index (χ0n) is 16.6. The van der Waals surface area contributed by atoms with Gasteiger partial charge in [-0.25, -0.2) is 4.39 Å². The highest BCUT2D eigenvalue weighted by atomic mass is 19.1. The quantitative estimate of drug-likeness (QED) is 0.786. The van der Waals surface area contributed by atoms with Gasteiger partial charge in [-0.05, 0) is 43.2 Å². The van der Waals surface area contributed by atoms with Gasteiger partial charge in [0.1, 0.15) is 5.82 Å². The standard InChI is InChI=1S/C21H26FN5O2/c1-29-20-7-6-19(23-24-20)26-10-8-16(9-11-26)21(28)27-14-12-25(13-15-27)18-4-2-17(22)3-5-18/h2-7,16H,8-15H2,1H3. The number of carbonyl (C=O) groups is 1. The molecule has 3 heterocycles. The monoisotopic (exact) mass is 399 g/mol. The second-order valence-electron chi connectivity index (χ2n) is 7.48. The molecule has 2 aromatic rings. The fraction of sp³-hybridized carbons (Fsp3) is 0.476. The molecule has 2 fully saturated rings. The van der Waals surface area contributed by atoms with Crippen molar-refractivity contribution in [2.24, 2.45) is 5.92 Å². The molecule has 29 heavy (non-hydrogen) atoms. The first-order valence-electron chi connectivity index (χ1n) is 10.1. The molecule has 8 heteroatoms. The summed E-state index contributed by atoms with van der Waals surface area (Å²) in [5, 5.41) is 8.22. The lowest BCUT2D eigenvalue weighted by molar-refractivity contribution is -0.136. The van der Waals surface area contributed by atoms with Gasteiger partial charge in [0, 0.05) is 56.9 Å². The Balaban J connectivity index is 1.27. The second-order valence-corrected chi connectivity index (χ2v) is 7.48. The molecule has 2 aliphatic heterocycles. The number of anilines is 2. The van der Waals surface area contributed by atoms with Gasteiger partial charge in [-0.2, -0.15) is 0 Å². The van der Waals surface area contributed by atoms with E-state index in [1.807, 2.05) is 11.0 Å². The first kappa shape index (κ1) is 19.4. The minimum Gasteiger partial charge on any atom is -0.480 e. The van der Waals surface area contributed by atoms with Crippen LogP contribution < -0.4 is 14.5 Å². The highest BCUT2D eigenvalue weighted by molar-refractivity contribution is 5.79. The van der Waals surface area contributed by atoms with E-state index in [4.69, 9.17) is 4.74 Å². The number of piperidine rings is 1. The van der Waals surface area contributed by atoms with E-state index < -0.39 is 0 Å². The minimum atomic E-state index is -0.227. The predicted molar refractivity (Wildman–Crippen MR) is 109 cm³/mol. The zero-order chi connectivity index (χ0) is 20.2. The number of amides is 1. The topological polar surface area (TPSA) is 61.8 Å². The van der Waals surface area contributed by atoms with Crippen molar-refractivity contribution in [1.82, 2.24) is 15.1 Å². The third-order valence-corrected chi connectivity index (χ3v) is 5.79. The van der Waals surface area contributed by atoms with E-state index in [0.717, 1.165) is 50.5 Å². The Morgan fingerprint density at radius 1 is 0.931 bits per heavy atom. The number of carbonyl (C=O) groups excluding carboxylic acids is 1. The number of ether oxygens (including phenoxy) is 1. The van der Waals surface area contributed by atoms with E-state index in [-0.39, 0.29) is 17.6 Å². The Kier molecular flexibility index (Phi) is 5.78. The van der Waals surface area contributed by atoms with Crippen LogP contribution in [0.2, 0.25) is 0 Å². The molecule has 2 saturated heterocycles. The van der Waals surface area contributed by atoms with Crippen LogP contribution in [0.5, 0.6) is 5.88 Å². The van der Waals surface area contributed by atoms with Crippen molar-refractivity contribution < 1.29 is 13.9 Å². The van der Waals surface area contributed by atoms with Gasteiger partial charge >= 0.3 is 0 Å². The number of nitrogens with zero attached hydrogens (tertiary/aromatic N) is 5. The van der Waals surface area contributed by atoms with Crippen molar-refractivity contribution in [1.29, 1.82) is 0 Å². The summed E-state index contributed by atoms with van der Waals surface area (Å²) in [6.07, 6.45) is 1.65. The Hall–Kier alpha value is -2.90. The molecule has 1 aromatic carbocycles. The van der Waals surface area contributed by atoms with Gasteiger partial charge in [0.2, 0.25) is 11.8 Å². The highest BCUT2D eigenvalue weighted by Gasteiger charge is 2.31. The van der Waals surface area contributed by atoms with Crippen molar-refractivity contribution in [3.8, 4) is 5.88 Å². The van der Waals surface area contributed by atoms with Crippen molar-refractivity contribution >= 4 is 17.4 Å². The van der Waals surface area contributed by atoms with Crippen LogP contribution in [0.3, 0.4) is 0 Å². The van der Waals surface area contributed by atoms with Crippen molar-refractivity contribution in [3.05, 3.63) is 42.2 Å². The summed E-state index contributed by atoms with van der Waals surface area (Å²) in [5.41, 5.74) is 1.01. The largest absolute Gasteiger partial charge is 0.480 e. The Bertz CT molecular complexity index is 814. The molecule has 0 saturated carbocycles. The summed E-state index contributed by atoms with van der Waals surface area (Å²) in [7, 11) is 1.57. The van der Waals surface area contributed by atoms with Crippen LogP contribution in [0.4, 0.5) is 15.9 Å². The molecule has 0 N–H and O–H groups in total. The van der Waals surface area contributed by atoms with Gasteiger partial charge in [-0.3, -0.25) is 4.79 Å². The number of hydrogen-bond acceptors (Lipinski definition) is 6. The first-order chi connectivity index (χ1) is 14.1. The molecule has 4 rings (SSSR count). The number of methoxy groups -OCH3 is 1. The summed E-state index contributed by atoms with van der Waals surface area (Å²) in [6.45, 7) is 4.57. The number of rotatable bonds is 4. The smallest absolute Gasteiger partial charge is 0.233 e. The number of benzene rings is 1. The zero-order valence-corrected chi connectivity index (χ0v) is 16.6. The number of halogens is 1. The van der Waals surface area contributed by atoms with E-state index in [2.05, 4.69) is 20.0 Å². The molecular formula is C21H26FN5O2. The fourth-order valence-electron chi connectivity index (χ4n) is 4.04. The van der Waals surface area contributed by atoms with Crippen LogP contribution in [0.25, 0.3) is 0 Å². The molecule has 0 radical (unpaired) electrons. The summed E-state index contributed by atoms with van der Waals surface area (Å²) in [6, 6.07) is 10.3. The summed E-state index contributed by atoms with van der Waals surface area (Å²) in [4.78, 5) is 19.3. The normalized spacial score (nSPS) is 18.1. The number of aromatic nitrogens is 2. The molecule has 1 amide bonds. The van der Waals surface area contributed by atoms with Crippen LogP contribution in [0.15, 0.2) is 36.4 Å². The Labute approximate surface area is 170 Å². The van der Waals surface area contributed by atoms with Crippen LogP contribution >= 0.6 is 0 Å². The SMILES string of the molecule is COc1ccc(N2CCC(C(=O)N3CCN(c4ccc(F)cc4)CC3)CC2)nn1. The average Bonchev–Trinajstić information content (AvgIpc) is 2.79. The van der Waals surface area contributed by atoms with Crippen LogP contribution in [-0.4, -0.2) is 67.4 Å². The Morgan fingerprint density at radius 3 is 2.21 bits per heavy atom. The van der Waals surface area contributed by atoms with Gasteiger partial charge < -0.3 is 19.4 Å². The predicted octanol–water partition coefficient (Wildman–Crippen LogP) is 2.19. The van der Waals surface area contributed by atoms with Crippen LogP contribution in [-0.2, 0) is 4.79 Å². The lowest BCUT2D eigenvalue weighted by Crippen LogP contribution is -2.51. The number of piperazine rings is 1. The lowest BCUT2D eigenvalue weighted by Gasteiger charge is -2.39.